The van der Waals surface area contributed by atoms with Crippen molar-refractivity contribution in [2.24, 2.45) is 5.41 Å². The smallest absolute Gasteiger partial charge is 0.315 e. The Labute approximate surface area is 142 Å². The SMILES string of the molecule is COc1ccc2c(c1)OC[C@]1(C(=O)O)CN(C3CCCCC3)CC21. The predicted octanol–water partition coefficient (Wildman–Crippen LogP) is 2.89. The molecule has 1 unspecified atom stereocenters. The number of hydrogen-bond acceptors (Lipinski definition) is 4. The third-order valence-corrected chi connectivity index (χ3v) is 6.17. The van der Waals surface area contributed by atoms with E-state index in [9.17, 15) is 9.90 Å². The number of ether oxygens (including phenoxy) is 2. The molecule has 2 aliphatic heterocycles. The highest BCUT2D eigenvalue weighted by atomic mass is 16.5. The third kappa shape index (κ3) is 2.37. The third-order valence-electron chi connectivity index (χ3n) is 6.17. The van der Waals surface area contributed by atoms with Crippen molar-refractivity contribution in [1.82, 2.24) is 4.90 Å². The lowest BCUT2D eigenvalue weighted by molar-refractivity contribution is -0.152. The number of benzene rings is 1. The molecule has 0 radical (unpaired) electrons. The largest absolute Gasteiger partial charge is 0.497 e. The van der Waals surface area contributed by atoms with Crippen LogP contribution in [0.25, 0.3) is 0 Å². The van der Waals surface area contributed by atoms with Crippen LogP contribution in [0.4, 0.5) is 0 Å². The molecule has 0 bridgehead atoms. The Bertz CT molecular complexity index is 640. The van der Waals surface area contributed by atoms with Crippen molar-refractivity contribution in [2.45, 2.75) is 44.1 Å². The van der Waals surface area contributed by atoms with Crippen LogP contribution in [0.5, 0.6) is 11.5 Å². The molecule has 24 heavy (non-hydrogen) atoms. The van der Waals surface area contributed by atoms with Gasteiger partial charge in [-0.2, -0.15) is 0 Å². The Balaban J connectivity index is 1.67. The monoisotopic (exact) mass is 331 g/mol. The molecule has 0 aromatic heterocycles. The summed E-state index contributed by atoms with van der Waals surface area (Å²) in [6.07, 6.45) is 6.22. The van der Waals surface area contributed by atoms with E-state index in [1.165, 1.54) is 32.1 Å². The van der Waals surface area contributed by atoms with Crippen LogP contribution in [-0.2, 0) is 4.79 Å². The molecule has 1 aromatic carbocycles. The van der Waals surface area contributed by atoms with Gasteiger partial charge in [-0.25, -0.2) is 0 Å². The molecule has 0 amide bonds. The van der Waals surface area contributed by atoms with Gasteiger partial charge >= 0.3 is 5.97 Å². The fourth-order valence-electron chi connectivity index (χ4n) is 4.75. The van der Waals surface area contributed by atoms with Gasteiger partial charge in [-0.3, -0.25) is 9.69 Å². The molecule has 5 heteroatoms. The average molecular weight is 331 g/mol. The zero-order valence-electron chi connectivity index (χ0n) is 14.2. The topological polar surface area (TPSA) is 59.0 Å². The maximum Gasteiger partial charge on any atom is 0.315 e. The number of fused-ring (bicyclic) bond motifs is 3. The Morgan fingerprint density at radius 3 is 2.83 bits per heavy atom. The van der Waals surface area contributed by atoms with Crippen LogP contribution in [0.3, 0.4) is 0 Å². The van der Waals surface area contributed by atoms with E-state index >= 15 is 0 Å². The quantitative estimate of drug-likeness (QED) is 0.923. The lowest BCUT2D eigenvalue weighted by Gasteiger charge is -2.36. The van der Waals surface area contributed by atoms with E-state index in [2.05, 4.69) is 4.90 Å². The van der Waals surface area contributed by atoms with Gasteiger partial charge in [-0.1, -0.05) is 25.3 Å². The van der Waals surface area contributed by atoms with Crippen molar-refractivity contribution in [3.05, 3.63) is 23.8 Å². The average Bonchev–Trinajstić information content (AvgIpc) is 3.03. The molecule has 3 aliphatic rings. The van der Waals surface area contributed by atoms with Crippen molar-refractivity contribution in [2.75, 3.05) is 26.8 Å². The summed E-state index contributed by atoms with van der Waals surface area (Å²) < 4.78 is 11.2. The predicted molar refractivity (Wildman–Crippen MR) is 89.7 cm³/mol. The molecule has 1 saturated carbocycles. The van der Waals surface area contributed by atoms with Crippen molar-refractivity contribution < 1.29 is 19.4 Å². The Morgan fingerprint density at radius 1 is 1.33 bits per heavy atom. The molecule has 2 fully saturated rings. The second-order valence-electron chi connectivity index (χ2n) is 7.43. The summed E-state index contributed by atoms with van der Waals surface area (Å²) >= 11 is 0. The number of hydrogen-bond donors (Lipinski definition) is 1. The van der Waals surface area contributed by atoms with Gasteiger partial charge in [-0.05, 0) is 18.9 Å². The molecule has 5 nitrogen and oxygen atoms in total. The molecule has 1 N–H and O–H groups in total. The lowest BCUT2D eigenvalue weighted by atomic mass is 9.73. The number of carboxylic acids is 1. The summed E-state index contributed by atoms with van der Waals surface area (Å²) in [6.45, 7) is 1.67. The van der Waals surface area contributed by atoms with Crippen LogP contribution >= 0.6 is 0 Å². The van der Waals surface area contributed by atoms with E-state index in [1.807, 2.05) is 18.2 Å². The van der Waals surface area contributed by atoms with Crippen molar-refractivity contribution in [1.29, 1.82) is 0 Å². The first kappa shape index (κ1) is 15.8. The lowest BCUT2D eigenvalue weighted by Crippen LogP contribution is -2.46. The summed E-state index contributed by atoms with van der Waals surface area (Å²) in [7, 11) is 1.63. The van der Waals surface area contributed by atoms with Crippen LogP contribution in [0.1, 0.15) is 43.6 Å². The van der Waals surface area contributed by atoms with E-state index in [-0.39, 0.29) is 12.5 Å². The molecular formula is C19H25NO4. The van der Waals surface area contributed by atoms with Gasteiger partial charge in [0.2, 0.25) is 0 Å². The summed E-state index contributed by atoms with van der Waals surface area (Å²) in [5, 5.41) is 10.0. The summed E-state index contributed by atoms with van der Waals surface area (Å²) in [5.74, 6) is 0.791. The molecule has 130 valence electrons. The van der Waals surface area contributed by atoms with Gasteiger partial charge in [0.25, 0.3) is 0 Å². The molecular weight excluding hydrogens is 306 g/mol. The zero-order valence-corrected chi connectivity index (χ0v) is 14.2. The van der Waals surface area contributed by atoms with Crippen LogP contribution in [-0.4, -0.2) is 48.8 Å². The minimum absolute atomic E-state index is 0.00779. The van der Waals surface area contributed by atoms with Crippen LogP contribution in [0, 0.1) is 5.41 Å². The first-order valence-electron chi connectivity index (χ1n) is 8.92. The number of nitrogens with zero attached hydrogens (tertiary/aromatic N) is 1. The second kappa shape index (κ2) is 5.96. The minimum atomic E-state index is -0.820. The first-order chi connectivity index (χ1) is 11.6. The van der Waals surface area contributed by atoms with E-state index in [0.29, 0.717) is 12.6 Å². The van der Waals surface area contributed by atoms with E-state index < -0.39 is 11.4 Å². The number of methoxy groups -OCH3 is 1. The van der Waals surface area contributed by atoms with Gasteiger partial charge in [-0.15, -0.1) is 0 Å². The second-order valence-corrected chi connectivity index (χ2v) is 7.43. The highest BCUT2D eigenvalue weighted by Gasteiger charge is 2.57. The number of carbonyl (C=O) groups is 1. The van der Waals surface area contributed by atoms with Crippen LogP contribution in [0.2, 0.25) is 0 Å². The maximum absolute atomic E-state index is 12.2. The molecule has 1 aromatic rings. The zero-order chi connectivity index (χ0) is 16.7. The van der Waals surface area contributed by atoms with Crippen molar-refractivity contribution in [3.63, 3.8) is 0 Å². The Morgan fingerprint density at radius 2 is 2.12 bits per heavy atom. The molecule has 1 saturated heterocycles. The molecule has 2 heterocycles. The van der Waals surface area contributed by atoms with E-state index in [0.717, 1.165) is 23.6 Å². The Hall–Kier alpha value is -1.75. The van der Waals surface area contributed by atoms with Crippen molar-refractivity contribution >= 4 is 5.97 Å². The van der Waals surface area contributed by atoms with Gasteiger partial charge in [0.1, 0.15) is 23.5 Å². The van der Waals surface area contributed by atoms with Crippen molar-refractivity contribution in [3.8, 4) is 11.5 Å². The van der Waals surface area contributed by atoms with Gasteiger partial charge < -0.3 is 14.6 Å². The van der Waals surface area contributed by atoms with E-state index in [1.54, 1.807) is 7.11 Å². The first-order valence-corrected chi connectivity index (χ1v) is 8.92. The van der Waals surface area contributed by atoms with Crippen LogP contribution < -0.4 is 9.47 Å². The maximum atomic E-state index is 12.2. The summed E-state index contributed by atoms with van der Waals surface area (Å²) in [6, 6.07) is 6.30. The highest BCUT2D eigenvalue weighted by molar-refractivity contribution is 5.78. The standard InChI is InChI=1S/C19H25NO4/c1-23-14-7-8-15-16-10-20(13-5-3-2-4-6-13)11-19(16,18(21)22)12-24-17(15)9-14/h7-9,13,16H,2-6,10-12H2,1H3,(H,21,22)/t16?,19-/m1/s1. The van der Waals surface area contributed by atoms with Crippen LogP contribution in [0.15, 0.2) is 18.2 Å². The Kier molecular flexibility index (Phi) is 3.91. The summed E-state index contributed by atoms with van der Waals surface area (Å²) in [5.41, 5.74) is 0.196. The molecule has 4 rings (SSSR count). The van der Waals surface area contributed by atoms with Gasteiger partial charge in [0.05, 0.1) is 7.11 Å². The number of aliphatic carboxylic acids is 1. The molecule has 2 atom stereocenters. The normalized spacial score (nSPS) is 30.3. The van der Waals surface area contributed by atoms with E-state index in [4.69, 9.17) is 9.47 Å². The summed E-state index contributed by atoms with van der Waals surface area (Å²) in [4.78, 5) is 14.6. The minimum Gasteiger partial charge on any atom is -0.497 e. The number of carboxylic acid groups (broad SMARTS) is 1. The van der Waals surface area contributed by atoms with Gasteiger partial charge in [0.15, 0.2) is 0 Å². The fourth-order valence-corrected chi connectivity index (χ4v) is 4.75. The number of likely N-dealkylation sites (tertiary alicyclic amines) is 1. The highest BCUT2D eigenvalue weighted by Crippen LogP contribution is 2.51. The van der Waals surface area contributed by atoms with Gasteiger partial charge in [0, 0.05) is 36.7 Å². The number of rotatable bonds is 3. The molecule has 1 aliphatic carbocycles. The molecule has 0 spiro atoms. The fraction of sp³-hybridized carbons (Fsp3) is 0.632.